The molecule has 94 valence electrons. The fraction of sp³-hybridized carbons (Fsp3) is 0.167. The molecule has 0 spiro atoms. The standard InChI is InChI=1S/C12H12FN3OS/c13-9-1-3-10(4-2-9)18-8-5-11(17)16-12-14-6-7-15-12/h1-4,6-7H,5,8H2,(H2,14,15,16,17). The van der Waals surface area contributed by atoms with Crippen molar-refractivity contribution in [3.8, 4) is 0 Å². The summed E-state index contributed by atoms with van der Waals surface area (Å²) in [4.78, 5) is 19.1. The Bertz CT molecular complexity index is 499. The molecule has 0 aliphatic rings. The maximum Gasteiger partial charge on any atom is 0.227 e. The highest BCUT2D eigenvalue weighted by molar-refractivity contribution is 7.99. The van der Waals surface area contributed by atoms with Gasteiger partial charge in [0.2, 0.25) is 11.9 Å². The molecular weight excluding hydrogens is 253 g/mol. The topological polar surface area (TPSA) is 57.8 Å². The predicted molar refractivity (Wildman–Crippen MR) is 69.0 cm³/mol. The molecule has 2 rings (SSSR count). The molecule has 0 atom stereocenters. The first-order valence-electron chi connectivity index (χ1n) is 5.41. The Morgan fingerprint density at radius 3 is 2.83 bits per heavy atom. The maximum absolute atomic E-state index is 12.7. The molecule has 2 N–H and O–H groups in total. The number of rotatable bonds is 5. The van der Waals surface area contributed by atoms with Gasteiger partial charge in [-0.25, -0.2) is 9.37 Å². The van der Waals surface area contributed by atoms with Gasteiger partial charge in [0, 0.05) is 29.5 Å². The number of thioether (sulfide) groups is 1. The summed E-state index contributed by atoms with van der Waals surface area (Å²) >= 11 is 1.51. The van der Waals surface area contributed by atoms with Gasteiger partial charge in [0.15, 0.2) is 0 Å². The molecule has 0 aliphatic carbocycles. The summed E-state index contributed by atoms with van der Waals surface area (Å²) in [6.45, 7) is 0. The Balaban J connectivity index is 1.72. The Morgan fingerprint density at radius 2 is 2.17 bits per heavy atom. The predicted octanol–water partition coefficient (Wildman–Crippen LogP) is 2.67. The Kier molecular flexibility index (Phi) is 4.35. The number of aromatic nitrogens is 2. The SMILES string of the molecule is O=C(CCSc1ccc(F)cc1)Nc1ncc[nH]1. The van der Waals surface area contributed by atoms with E-state index < -0.39 is 0 Å². The van der Waals surface area contributed by atoms with Crippen molar-refractivity contribution in [1.82, 2.24) is 9.97 Å². The number of amides is 1. The smallest absolute Gasteiger partial charge is 0.227 e. The van der Waals surface area contributed by atoms with Crippen molar-refractivity contribution in [3.05, 3.63) is 42.5 Å². The average molecular weight is 265 g/mol. The van der Waals surface area contributed by atoms with Crippen molar-refractivity contribution in [2.75, 3.05) is 11.1 Å². The van der Waals surface area contributed by atoms with Crippen molar-refractivity contribution in [2.45, 2.75) is 11.3 Å². The number of aromatic amines is 1. The highest BCUT2D eigenvalue weighted by Gasteiger charge is 2.04. The quantitative estimate of drug-likeness (QED) is 0.817. The Morgan fingerprint density at radius 1 is 1.39 bits per heavy atom. The van der Waals surface area contributed by atoms with Gasteiger partial charge < -0.3 is 4.98 Å². The van der Waals surface area contributed by atoms with Gasteiger partial charge in [-0.1, -0.05) is 0 Å². The minimum Gasteiger partial charge on any atom is -0.331 e. The molecule has 0 aliphatic heterocycles. The van der Waals surface area contributed by atoms with Crippen LogP contribution in [-0.4, -0.2) is 21.6 Å². The van der Waals surface area contributed by atoms with Crippen molar-refractivity contribution < 1.29 is 9.18 Å². The highest BCUT2D eigenvalue weighted by atomic mass is 32.2. The normalized spacial score (nSPS) is 10.3. The van der Waals surface area contributed by atoms with Crippen LogP contribution in [0.25, 0.3) is 0 Å². The summed E-state index contributed by atoms with van der Waals surface area (Å²) in [5.41, 5.74) is 0. The molecule has 0 saturated heterocycles. The largest absolute Gasteiger partial charge is 0.331 e. The molecule has 0 radical (unpaired) electrons. The average Bonchev–Trinajstić information content (AvgIpc) is 2.84. The number of H-pyrrole nitrogens is 1. The van der Waals surface area contributed by atoms with Crippen LogP contribution in [0.1, 0.15) is 6.42 Å². The third-order valence-electron chi connectivity index (χ3n) is 2.17. The molecule has 4 nitrogen and oxygen atoms in total. The number of carbonyl (C=O) groups excluding carboxylic acids is 1. The van der Waals surface area contributed by atoms with Crippen LogP contribution in [0.2, 0.25) is 0 Å². The van der Waals surface area contributed by atoms with Crippen molar-refractivity contribution in [3.63, 3.8) is 0 Å². The summed E-state index contributed by atoms with van der Waals surface area (Å²) < 4.78 is 12.7. The van der Waals surface area contributed by atoms with Crippen LogP contribution in [0, 0.1) is 5.82 Å². The van der Waals surface area contributed by atoms with Crippen LogP contribution < -0.4 is 5.32 Å². The Labute approximate surface area is 108 Å². The number of nitrogens with one attached hydrogen (secondary N) is 2. The molecule has 1 amide bonds. The van der Waals surface area contributed by atoms with E-state index in [2.05, 4.69) is 15.3 Å². The zero-order chi connectivity index (χ0) is 12.8. The molecular formula is C12H12FN3OS. The van der Waals surface area contributed by atoms with Crippen LogP contribution in [-0.2, 0) is 4.79 Å². The van der Waals surface area contributed by atoms with Crippen molar-refractivity contribution >= 4 is 23.6 Å². The van der Waals surface area contributed by atoms with Gasteiger partial charge in [0.05, 0.1) is 0 Å². The first kappa shape index (κ1) is 12.6. The fourth-order valence-corrected chi connectivity index (χ4v) is 2.17. The van der Waals surface area contributed by atoms with Crippen LogP contribution in [0.4, 0.5) is 10.3 Å². The first-order valence-corrected chi connectivity index (χ1v) is 6.40. The first-order chi connectivity index (χ1) is 8.74. The molecule has 1 aromatic carbocycles. The third-order valence-corrected chi connectivity index (χ3v) is 3.18. The van der Waals surface area contributed by atoms with Gasteiger partial charge >= 0.3 is 0 Å². The Hall–Kier alpha value is -1.82. The number of anilines is 1. The summed E-state index contributed by atoms with van der Waals surface area (Å²) in [6, 6.07) is 6.21. The number of nitrogens with zero attached hydrogens (tertiary/aromatic N) is 1. The molecule has 1 aromatic heterocycles. The van der Waals surface area contributed by atoms with Crippen molar-refractivity contribution in [1.29, 1.82) is 0 Å². The highest BCUT2D eigenvalue weighted by Crippen LogP contribution is 2.18. The molecule has 0 unspecified atom stereocenters. The number of halogens is 1. The lowest BCUT2D eigenvalue weighted by Crippen LogP contribution is -2.13. The van der Waals surface area contributed by atoms with Crippen molar-refractivity contribution in [2.24, 2.45) is 0 Å². The second kappa shape index (κ2) is 6.20. The molecule has 0 bridgehead atoms. The lowest BCUT2D eigenvalue weighted by atomic mass is 10.4. The fourth-order valence-electron chi connectivity index (χ4n) is 1.32. The monoisotopic (exact) mass is 265 g/mol. The van der Waals surface area contributed by atoms with Gasteiger partial charge in [-0.05, 0) is 24.3 Å². The van der Waals surface area contributed by atoms with Gasteiger partial charge in [0.25, 0.3) is 0 Å². The molecule has 0 fully saturated rings. The van der Waals surface area contributed by atoms with E-state index in [0.717, 1.165) is 4.90 Å². The van der Waals surface area contributed by atoms with E-state index >= 15 is 0 Å². The molecule has 18 heavy (non-hydrogen) atoms. The second-order valence-corrected chi connectivity index (χ2v) is 4.71. The summed E-state index contributed by atoms with van der Waals surface area (Å²) in [5.74, 6) is 0.735. The minimum atomic E-state index is -0.255. The van der Waals surface area contributed by atoms with E-state index in [9.17, 15) is 9.18 Å². The lowest BCUT2D eigenvalue weighted by Gasteiger charge is -2.02. The molecule has 2 aromatic rings. The number of hydrogen-bond donors (Lipinski definition) is 2. The van der Waals surface area contributed by atoms with Crippen LogP contribution in [0.15, 0.2) is 41.6 Å². The van der Waals surface area contributed by atoms with E-state index in [1.165, 1.54) is 23.9 Å². The number of carbonyl (C=O) groups is 1. The molecule has 0 saturated carbocycles. The van der Waals surface area contributed by atoms with Crippen LogP contribution >= 0.6 is 11.8 Å². The van der Waals surface area contributed by atoms with Crippen LogP contribution in [0.3, 0.4) is 0 Å². The zero-order valence-corrected chi connectivity index (χ0v) is 10.3. The van der Waals surface area contributed by atoms with E-state index in [1.807, 2.05) is 0 Å². The molecule has 1 heterocycles. The van der Waals surface area contributed by atoms with E-state index in [0.29, 0.717) is 18.1 Å². The van der Waals surface area contributed by atoms with E-state index in [4.69, 9.17) is 0 Å². The number of hydrogen-bond acceptors (Lipinski definition) is 3. The van der Waals surface area contributed by atoms with Crippen LogP contribution in [0.5, 0.6) is 0 Å². The zero-order valence-electron chi connectivity index (χ0n) is 9.52. The number of imidazole rings is 1. The van der Waals surface area contributed by atoms with E-state index in [-0.39, 0.29) is 11.7 Å². The van der Waals surface area contributed by atoms with Gasteiger partial charge in [-0.15, -0.1) is 11.8 Å². The second-order valence-electron chi connectivity index (χ2n) is 3.54. The lowest BCUT2D eigenvalue weighted by molar-refractivity contribution is -0.115. The van der Waals surface area contributed by atoms with Gasteiger partial charge in [-0.2, -0.15) is 0 Å². The van der Waals surface area contributed by atoms with Gasteiger partial charge in [-0.3, -0.25) is 10.1 Å². The molecule has 6 heteroatoms. The number of benzene rings is 1. The third kappa shape index (κ3) is 3.89. The summed E-state index contributed by atoms with van der Waals surface area (Å²) in [6.07, 6.45) is 3.59. The maximum atomic E-state index is 12.7. The van der Waals surface area contributed by atoms with E-state index in [1.54, 1.807) is 24.5 Å². The summed E-state index contributed by atoms with van der Waals surface area (Å²) in [5, 5.41) is 2.64. The summed E-state index contributed by atoms with van der Waals surface area (Å²) in [7, 11) is 0. The van der Waals surface area contributed by atoms with Gasteiger partial charge in [0.1, 0.15) is 5.82 Å². The minimum absolute atomic E-state index is 0.0976.